The molecule has 0 aromatic carbocycles. The van der Waals surface area contributed by atoms with Gasteiger partial charge in [-0.05, 0) is 44.4 Å². The molecule has 0 unspecified atom stereocenters. The van der Waals surface area contributed by atoms with Crippen molar-refractivity contribution in [2.45, 2.75) is 34.1 Å². The minimum Gasteiger partial charge on any atom is -0.478 e. The Morgan fingerprint density at radius 3 is 2.38 bits per heavy atom. The molecule has 112 valence electrons. The van der Waals surface area contributed by atoms with Gasteiger partial charge in [0.05, 0.1) is 10.4 Å². The Morgan fingerprint density at radius 1 is 1.19 bits per heavy atom. The van der Waals surface area contributed by atoms with E-state index in [4.69, 9.17) is 0 Å². The molecule has 0 spiro atoms. The maximum absolute atomic E-state index is 12.3. The van der Waals surface area contributed by atoms with E-state index in [1.807, 2.05) is 26.8 Å². The zero-order valence-electron chi connectivity index (χ0n) is 12.4. The quantitative estimate of drug-likeness (QED) is 0.884. The summed E-state index contributed by atoms with van der Waals surface area (Å²) in [6.07, 6.45) is 0.882. The predicted molar refractivity (Wildman–Crippen MR) is 87.1 cm³/mol. The van der Waals surface area contributed by atoms with Gasteiger partial charge in [0.2, 0.25) is 0 Å². The fourth-order valence-electron chi connectivity index (χ4n) is 2.12. The zero-order valence-corrected chi connectivity index (χ0v) is 14.0. The Morgan fingerprint density at radius 2 is 1.86 bits per heavy atom. The smallest absolute Gasteiger partial charge is 0.338 e. The second kappa shape index (κ2) is 5.99. The predicted octanol–water partition coefficient (Wildman–Crippen LogP) is 4.25. The minimum absolute atomic E-state index is 0.190. The molecule has 0 saturated heterocycles. The van der Waals surface area contributed by atoms with Gasteiger partial charge in [-0.2, -0.15) is 0 Å². The van der Waals surface area contributed by atoms with E-state index in [9.17, 15) is 14.7 Å². The van der Waals surface area contributed by atoms with Crippen LogP contribution in [-0.4, -0.2) is 17.0 Å². The van der Waals surface area contributed by atoms with Crippen LogP contribution in [0.4, 0.5) is 5.00 Å². The second-order valence-electron chi connectivity index (χ2n) is 4.79. The van der Waals surface area contributed by atoms with Crippen LogP contribution in [0.25, 0.3) is 0 Å². The van der Waals surface area contributed by atoms with Crippen molar-refractivity contribution in [1.29, 1.82) is 0 Å². The lowest BCUT2D eigenvalue weighted by Crippen LogP contribution is -2.12. The Balaban J connectivity index is 2.31. The van der Waals surface area contributed by atoms with Crippen molar-refractivity contribution in [1.82, 2.24) is 0 Å². The number of hydrogen-bond donors (Lipinski definition) is 2. The van der Waals surface area contributed by atoms with Crippen LogP contribution in [0.1, 0.15) is 47.8 Å². The summed E-state index contributed by atoms with van der Waals surface area (Å²) in [6, 6.07) is 1.88. The zero-order chi connectivity index (χ0) is 15.7. The van der Waals surface area contributed by atoms with E-state index in [2.05, 4.69) is 5.32 Å². The molecule has 2 heterocycles. The number of carbonyl (C=O) groups is 2. The summed E-state index contributed by atoms with van der Waals surface area (Å²) in [6.45, 7) is 7.65. The largest absolute Gasteiger partial charge is 0.478 e. The summed E-state index contributed by atoms with van der Waals surface area (Å²) in [4.78, 5) is 26.3. The van der Waals surface area contributed by atoms with Crippen LogP contribution in [0.15, 0.2) is 6.07 Å². The third-order valence-electron chi connectivity index (χ3n) is 3.45. The molecule has 0 saturated carbocycles. The van der Waals surface area contributed by atoms with E-state index in [0.717, 1.165) is 21.7 Å². The van der Waals surface area contributed by atoms with E-state index >= 15 is 0 Å². The average molecular weight is 323 g/mol. The summed E-state index contributed by atoms with van der Waals surface area (Å²) < 4.78 is 0. The van der Waals surface area contributed by atoms with Gasteiger partial charge in [0, 0.05) is 9.75 Å². The third-order valence-corrected chi connectivity index (χ3v) is 5.67. The van der Waals surface area contributed by atoms with E-state index < -0.39 is 5.97 Å². The van der Waals surface area contributed by atoms with Crippen molar-refractivity contribution >= 4 is 39.6 Å². The number of nitrogens with one attached hydrogen (secondary N) is 1. The Labute approximate surface area is 131 Å². The molecule has 2 aromatic rings. The van der Waals surface area contributed by atoms with Crippen LogP contribution in [0.5, 0.6) is 0 Å². The summed E-state index contributed by atoms with van der Waals surface area (Å²) >= 11 is 2.74. The van der Waals surface area contributed by atoms with Crippen LogP contribution in [0.2, 0.25) is 0 Å². The number of anilines is 1. The molecular weight excluding hydrogens is 306 g/mol. The Kier molecular flexibility index (Phi) is 4.49. The summed E-state index contributed by atoms with van der Waals surface area (Å²) in [5.41, 5.74) is 2.05. The fourth-order valence-corrected chi connectivity index (χ4v) is 4.18. The van der Waals surface area contributed by atoms with E-state index in [0.29, 0.717) is 15.4 Å². The number of hydrogen-bond acceptors (Lipinski definition) is 4. The Hall–Kier alpha value is -1.66. The lowest BCUT2D eigenvalue weighted by Gasteiger charge is -2.02. The van der Waals surface area contributed by atoms with Gasteiger partial charge in [-0.1, -0.05) is 6.92 Å². The maximum atomic E-state index is 12.3. The van der Waals surface area contributed by atoms with Gasteiger partial charge < -0.3 is 10.4 Å². The summed E-state index contributed by atoms with van der Waals surface area (Å²) in [5, 5.41) is 12.4. The van der Waals surface area contributed by atoms with Gasteiger partial charge in [0.15, 0.2) is 0 Å². The van der Waals surface area contributed by atoms with E-state index in [-0.39, 0.29) is 11.5 Å². The first-order valence-electron chi connectivity index (χ1n) is 6.59. The summed E-state index contributed by atoms with van der Waals surface area (Å²) in [7, 11) is 0. The molecule has 2 aromatic heterocycles. The van der Waals surface area contributed by atoms with Crippen molar-refractivity contribution in [3.8, 4) is 0 Å². The third kappa shape index (κ3) is 3.01. The van der Waals surface area contributed by atoms with Crippen molar-refractivity contribution in [3.05, 3.63) is 37.4 Å². The number of carbonyl (C=O) groups excluding carboxylic acids is 1. The molecule has 6 heteroatoms. The molecule has 0 aliphatic heterocycles. The molecular formula is C15H17NO3S2. The van der Waals surface area contributed by atoms with Crippen LogP contribution < -0.4 is 5.32 Å². The van der Waals surface area contributed by atoms with Gasteiger partial charge in [0.25, 0.3) is 5.91 Å². The molecule has 0 bridgehead atoms. The molecule has 21 heavy (non-hydrogen) atoms. The first kappa shape index (κ1) is 15.7. The van der Waals surface area contributed by atoms with Crippen LogP contribution in [0.3, 0.4) is 0 Å². The number of carboxylic acid groups (broad SMARTS) is 1. The number of amides is 1. The number of aromatic carboxylic acids is 1. The van der Waals surface area contributed by atoms with Gasteiger partial charge in [0.1, 0.15) is 5.00 Å². The fraction of sp³-hybridized carbons (Fsp3) is 0.333. The molecule has 2 N–H and O–H groups in total. The van der Waals surface area contributed by atoms with E-state index in [1.165, 1.54) is 22.7 Å². The molecule has 0 aliphatic rings. The van der Waals surface area contributed by atoms with Gasteiger partial charge in [-0.15, -0.1) is 22.7 Å². The van der Waals surface area contributed by atoms with Crippen molar-refractivity contribution in [2.75, 3.05) is 5.32 Å². The molecule has 0 fully saturated rings. The summed E-state index contributed by atoms with van der Waals surface area (Å²) in [5.74, 6) is -1.25. The molecule has 2 rings (SSSR count). The van der Waals surface area contributed by atoms with Gasteiger partial charge >= 0.3 is 5.97 Å². The number of carboxylic acids is 1. The number of rotatable bonds is 4. The van der Waals surface area contributed by atoms with Gasteiger partial charge in [-0.3, -0.25) is 4.79 Å². The van der Waals surface area contributed by atoms with Crippen LogP contribution in [-0.2, 0) is 6.42 Å². The maximum Gasteiger partial charge on any atom is 0.338 e. The lowest BCUT2D eigenvalue weighted by molar-refractivity contribution is 0.0697. The average Bonchev–Trinajstić information content (AvgIpc) is 2.91. The molecule has 1 amide bonds. The second-order valence-corrected chi connectivity index (χ2v) is 7.27. The van der Waals surface area contributed by atoms with Crippen molar-refractivity contribution in [3.63, 3.8) is 0 Å². The first-order valence-corrected chi connectivity index (χ1v) is 8.22. The molecule has 0 radical (unpaired) electrons. The monoisotopic (exact) mass is 323 g/mol. The highest BCUT2D eigenvalue weighted by atomic mass is 32.1. The highest BCUT2D eigenvalue weighted by Gasteiger charge is 2.21. The number of thiophene rings is 2. The molecule has 0 aliphatic carbocycles. The minimum atomic E-state index is -1.01. The van der Waals surface area contributed by atoms with Crippen molar-refractivity contribution in [2.24, 2.45) is 0 Å². The first-order chi connectivity index (χ1) is 9.85. The van der Waals surface area contributed by atoms with Crippen LogP contribution >= 0.6 is 22.7 Å². The normalized spacial score (nSPS) is 10.7. The molecule has 0 atom stereocenters. The highest BCUT2D eigenvalue weighted by Crippen LogP contribution is 2.33. The SMILES string of the molecule is CCc1cc(C(=O)Nc2sc(C)c(C)c2C(=O)O)sc1C. The Bertz CT molecular complexity index is 713. The lowest BCUT2D eigenvalue weighted by atomic mass is 10.1. The van der Waals surface area contributed by atoms with Crippen LogP contribution in [0, 0.1) is 20.8 Å². The standard InChI is InChI=1S/C15H17NO3S2/c1-5-10-6-11(20-9(10)4)13(17)16-14-12(15(18)19)7(2)8(3)21-14/h6H,5H2,1-4H3,(H,16,17)(H,18,19). The topological polar surface area (TPSA) is 66.4 Å². The van der Waals surface area contributed by atoms with Gasteiger partial charge in [-0.25, -0.2) is 4.79 Å². The highest BCUT2D eigenvalue weighted by molar-refractivity contribution is 7.17. The van der Waals surface area contributed by atoms with E-state index in [1.54, 1.807) is 6.92 Å². The van der Waals surface area contributed by atoms with Crippen molar-refractivity contribution < 1.29 is 14.7 Å². The molecule has 4 nitrogen and oxygen atoms in total. The number of aryl methyl sites for hydroxylation is 3.